The maximum absolute atomic E-state index is 12.6. The van der Waals surface area contributed by atoms with Crippen LogP contribution in [0.15, 0.2) is 24.3 Å². The lowest BCUT2D eigenvalue weighted by molar-refractivity contribution is -0.145. The number of benzene rings is 1. The van der Waals surface area contributed by atoms with Gasteiger partial charge in [0, 0.05) is 37.1 Å². The van der Waals surface area contributed by atoms with E-state index in [4.69, 9.17) is 11.6 Å². The molecule has 1 N–H and O–H groups in total. The molecule has 0 saturated carbocycles. The summed E-state index contributed by atoms with van der Waals surface area (Å²) >= 11 is 5.84. The van der Waals surface area contributed by atoms with Crippen molar-refractivity contribution in [2.24, 2.45) is 5.92 Å². The Morgan fingerprint density at radius 1 is 1.21 bits per heavy atom. The molecule has 1 spiro atoms. The normalized spacial score (nSPS) is 22.9. The van der Waals surface area contributed by atoms with Gasteiger partial charge in [0.25, 0.3) is 5.91 Å². The molecular formula is C17H19ClN2O4. The van der Waals surface area contributed by atoms with Crippen molar-refractivity contribution in [1.29, 1.82) is 0 Å². The molecule has 0 unspecified atom stereocenters. The van der Waals surface area contributed by atoms with Gasteiger partial charge in [0.2, 0.25) is 5.91 Å². The second kappa shape index (κ2) is 6.09. The molecule has 2 fully saturated rings. The highest BCUT2D eigenvalue weighted by Crippen LogP contribution is 2.43. The molecule has 6 nitrogen and oxygen atoms in total. The second-order valence-corrected chi connectivity index (χ2v) is 6.89. The number of hydrogen-bond acceptors (Lipinski definition) is 3. The molecule has 1 atom stereocenters. The standard InChI is InChI=1S/C17H19ClN2O4/c1-19-14(21)10-13(16(23)24)17(19)6-8-20(9-7-17)15(22)11-2-4-12(18)5-3-11/h2-5,13H,6-10H2,1H3,(H,23,24)/t13-/m0/s1. The molecule has 0 radical (unpaired) electrons. The first-order valence-corrected chi connectivity index (χ1v) is 8.27. The second-order valence-electron chi connectivity index (χ2n) is 6.45. The minimum atomic E-state index is -0.940. The zero-order valence-corrected chi connectivity index (χ0v) is 14.1. The fraction of sp³-hybridized carbons (Fsp3) is 0.471. The van der Waals surface area contributed by atoms with E-state index in [2.05, 4.69) is 0 Å². The number of amides is 2. The fourth-order valence-corrected chi connectivity index (χ4v) is 3.98. The number of likely N-dealkylation sites (tertiary alicyclic amines) is 2. The quantitative estimate of drug-likeness (QED) is 0.883. The minimum Gasteiger partial charge on any atom is -0.481 e. The predicted molar refractivity (Wildman–Crippen MR) is 87.8 cm³/mol. The van der Waals surface area contributed by atoms with Crippen LogP contribution in [0.1, 0.15) is 29.6 Å². The van der Waals surface area contributed by atoms with Crippen LogP contribution in [0.2, 0.25) is 5.02 Å². The molecule has 2 aliphatic rings. The number of halogens is 1. The van der Waals surface area contributed by atoms with Crippen molar-refractivity contribution in [3.05, 3.63) is 34.9 Å². The van der Waals surface area contributed by atoms with Gasteiger partial charge < -0.3 is 14.9 Å². The topological polar surface area (TPSA) is 77.9 Å². The zero-order chi connectivity index (χ0) is 17.5. The van der Waals surface area contributed by atoms with Gasteiger partial charge in [-0.25, -0.2) is 0 Å². The molecule has 2 amide bonds. The van der Waals surface area contributed by atoms with Crippen LogP contribution in [0.3, 0.4) is 0 Å². The smallest absolute Gasteiger partial charge is 0.309 e. The van der Waals surface area contributed by atoms with E-state index >= 15 is 0 Å². The van der Waals surface area contributed by atoms with Crippen molar-refractivity contribution in [2.45, 2.75) is 24.8 Å². The van der Waals surface area contributed by atoms with Crippen molar-refractivity contribution < 1.29 is 19.5 Å². The molecular weight excluding hydrogens is 332 g/mol. The van der Waals surface area contributed by atoms with Crippen LogP contribution < -0.4 is 0 Å². The first kappa shape index (κ1) is 16.8. The highest BCUT2D eigenvalue weighted by atomic mass is 35.5. The number of carboxylic acids is 1. The van der Waals surface area contributed by atoms with Gasteiger partial charge in [-0.2, -0.15) is 0 Å². The van der Waals surface area contributed by atoms with E-state index in [0.29, 0.717) is 36.5 Å². The van der Waals surface area contributed by atoms with Gasteiger partial charge in [0.15, 0.2) is 0 Å². The number of carbonyl (C=O) groups excluding carboxylic acids is 2. The summed E-state index contributed by atoms with van der Waals surface area (Å²) in [7, 11) is 1.67. The summed E-state index contributed by atoms with van der Waals surface area (Å²) < 4.78 is 0. The highest BCUT2D eigenvalue weighted by molar-refractivity contribution is 6.30. The molecule has 7 heteroatoms. The molecule has 0 aromatic heterocycles. The van der Waals surface area contributed by atoms with Crippen molar-refractivity contribution in [3.63, 3.8) is 0 Å². The SMILES string of the molecule is CN1C(=O)C[C@@H](C(=O)O)C12CCN(C(=O)c1ccc(Cl)cc1)CC2. The van der Waals surface area contributed by atoms with Gasteiger partial charge in [-0.1, -0.05) is 11.6 Å². The van der Waals surface area contributed by atoms with E-state index in [9.17, 15) is 19.5 Å². The largest absolute Gasteiger partial charge is 0.481 e. The van der Waals surface area contributed by atoms with E-state index in [0.717, 1.165) is 0 Å². The minimum absolute atomic E-state index is 0.0387. The Kier molecular flexibility index (Phi) is 4.25. The first-order chi connectivity index (χ1) is 11.3. The van der Waals surface area contributed by atoms with Crippen LogP contribution in [0.5, 0.6) is 0 Å². The first-order valence-electron chi connectivity index (χ1n) is 7.89. The van der Waals surface area contributed by atoms with Gasteiger partial charge in [0.1, 0.15) is 0 Å². The average Bonchev–Trinajstić information content (AvgIpc) is 2.81. The van der Waals surface area contributed by atoms with Crippen LogP contribution in [-0.2, 0) is 9.59 Å². The molecule has 1 aromatic carbocycles. The summed E-state index contributed by atoms with van der Waals surface area (Å²) in [6.45, 7) is 0.867. The monoisotopic (exact) mass is 350 g/mol. The zero-order valence-electron chi connectivity index (χ0n) is 13.4. The third-order valence-corrected chi connectivity index (χ3v) is 5.63. The lowest BCUT2D eigenvalue weighted by Crippen LogP contribution is -2.56. The predicted octanol–water partition coefficient (Wildman–Crippen LogP) is 1.88. The van der Waals surface area contributed by atoms with Crippen LogP contribution in [-0.4, -0.2) is 58.4 Å². The van der Waals surface area contributed by atoms with E-state index in [-0.39, 0.29) is 18.2 Å². The molecule has 2 heterocycles. The van der Waals surface area contributed by atoms with E-state index < -0.39 is 17.4 Å². The Morgan fingerprint density at radius 2 is 1.79 bits per heavy atom. The van der Waals surface area contributed by atoms with Gasteiger partial charge in [0.05, 0.1) is 11.5 Å². The fourth-order valence-electron chi connectivity index (χ4n) is 3.86. The van der Waals surface area contributed by atoms with E-state index in [1.807, 2.05) is 0 Å². The van der Waals surface area contributed by atoms with E-state index in [1.54, 1.807) is 41.1 Å². The highest BCUT2D eigenvalue weighted by Gasteiger charge is 2.55. The summed E-state index contributed by atoms with van der Waals surface area (Å²) in [6, 6.07) is 6.70. The molecule has 0 aliphatic carbocycles. The number of aliphatic carboxylic acids is 1. The Labute approximate surface area is 145 Å². The molecule has 3 rings (SSSR count). The lowest BCUT2D eigenvalue weighted by Gasteiger charge is -2.45. The maximum Gasteiger partial charge on any atom is 0.309 e. The van der Waals surface area contributed by atoms with Gasteiger partial charge in [-0.15, -0.1) is 0 Å². The van der Waals surface area contributed by atoms with Crippen LogP contribution in [0.25, 0.3) is 0 Å². The van der Waals surface area contributed by atoms with Gasteiger partial charge in [-0.3, -0.25) is 14.4 Å². The number of carbonyl (C=O) groups is 3. The average molecular weight is 351 g/mol. The lowest BCUT2D eigenvalue weighted by atomic mass is 9.77. The summed E-state index contributed by atoms with van der Waals surface area (Å²) in [4.78, 5) is 39.4. The van der Waals surface area contributed by atoms with E-state index in [1.165, 1.54) is 0 Å². The molecule has 128 valence electrons. The number of hydrogen-bond donors (Lipinski definition) is 1. The van der Waals surface area contributed by atoms with Crippen molar-refractivity contribution in [2.75, 3.05) is 20.1 Å². The Hall–Kier alpha value is -2.08. The number of rotatable bonds is 2. The Balaban J connectivity index is 1.75. The summed E-state index contributed by atoms with van der Waals surface area (Å²) in [5.74, 6) is -1.88. The molecule has 1 aromatic rings. The summed E-state index contributed by atoms with van der Waals surface area (Å²) in [5, 5.41) is 10.0. The molecule has 0 bridgehead atoms. The van der Waals surface area contributed by atoms with Gasteiger partial charge in [-0.05, 0) is 37.1 Å². The number of carboxylic acid groups (broad SMARTS) is 1. The number of nitrogens with zero attached hydrogens (tertiary/aromatic N) is 2. The van der Waals surface area contributed by atoms with Crippen LogP contribution >= 0.6 is 11.6 Å². The third kappa shape index (κ3) is 2.65. The summed E-state index contributed by atoms with van der Waals surface area (Å²) in [6.07, 6.45) is 0.994. The Morgan fingerprint density at radius 3 is 2.33 bits per heavy atom. The third-order valence-electron chi connectivity index (χ3n) is 5.38. The summed E-state index contributed by atoms with van der Waals surface area (Å²) in [5.41, 5.74) is -0.124. The molecule has 2 aliphatic heterocycles. The molecule has 24 heavy (non-hydrogen) atoms. The van der Waals surface area contributed by atoms with Crippen molar-refractivity contribution in [3.8, 4) is 0 Å². The Bertz CT molecular complexity index is 680. The van der Waals surface area contributed by atoms with Gasteiger partial charge >= 0.3 is 5.97 Å². The van der Waals surface area contributed by atoms with Crippen LogP contribution in [0, 0.1) is 5.92 Å². The number of piperidine rings is 1. The van der Waals surface area contributed by atoms with Crippen molar-refractivity contribution in [1.82, 2.24) is 9.80 Å². The maximum atomic E-state index is 12.6. The molecule has 2 saturated heterocycles. The van der Waals surface area contributed by atoms with Crippen LogP contribution in [0.4, 0.5) is 0 Å². The van der Waals surface area contributed by atoms with Crippen molar-refractivity contribution >= 4 is 29.4 Å².